The fraction of sp³-hybridized carbons (Fsp3) is 0.526. The molecule has 0 aromatic heterocycles. The number of hydrogen-bond acceptors (Lipinski definition) is 5. The van der Waals surface area contributed by atoms with Gasteiger partial charge in [0.05, 0.1) is 13.7 Å². The molecule has 7 nitrogen and oxygen atoms in total. The third-order valence-corrected chi connectivity index (χ3v) is 3.45. The summed E-state index contributed by atoms with van der Waals surface area (Å²) in [5.41, 5.74) is 0.611. The Bertz CT molecular complexity index is 620. The number of esters is 1. The predicted octanol–water partition coefficient (Wildman–Crippen LogP) is 1.54. The first-order valence-corrected chi connectivity index (χ1v) is 8.44. The molecule has 26 heavy (non-hydrogen) atoms. The number of carbonyl (C=O) groups is 3. The summed E-state index contributed by atoms with van der Waals surface area (Å²) in [5, 5.41) is 2.77. The van der Waals surface area contributed by atoms with Gasteiger partial charge in [-0.1, -0.05) is 12.1 Å². The number of rotatable bonds is 8. The van der Waals surface area contributed by atoms with Crippen molar-refractivity contribution in [1.29, 1.82) is 0 Å². The molecule has 0 aliphatic carbocycles. The Balaban J connectivity index is 2.32. The normalized spacial score (nSPS) is 10.8. The van der Waals surface area contributed by atoms with Crippen LogP contribution in [0.15, 0.2) is 24.3 Å². The van der Waals surface area contributed by atoms with Gasteiger partial charge in [-0.25, -0.2) is 0 Å². The van der Waals surface area contributed by atoms with Crippen LogP contribution in [0.25, 0.3) is 0 Å². The third kappa shape index (κ3) is 8.50. The first-order valence-electron chi connectivity index (χ1n) is 8.44. The van der Waals surface area contributed by atoms with Crippen molar-refractivity contribution >= 4 is 17.8 Å². The Kier molecular flexibility index (Phi) is 8.09. The van der Waals surface area contributed by atoms with E-state index in [-0.39, 0.29) is 31.0 Å². The van der Waals surface area contributed by atoms with E-state index in [0.717, 1.165) is 11.3 Å². The summed E-state index contributed by atoms with van der Waals surface area (Å²) in [6.07, 6.45) is 0.689. The lowest BCUT2D eigenvalue weighted by molar-refractivity contribution is -0.152. The number of aryl methyl sites for hydroxylation is 1. The van der Waals surface area contributed by atoms with Gasteiger partial charge >= 0.3 is 5.97 Å². The van der Waals surface area contributed by atoms with Gasteiger partial charge in [-0.15, -0.1) is 0 Å². The largest absolute Gasteiger partial charge is 0.497 e. The molecular weight excluding hydrogens is 336 g/mol. The average molecular weight is 364 g/mol. The monoisotopic (exact) mass is 364 g/mol. The lowest BCUT2D eigenvalue weighted by Gasteiger charge is -2.23. The lowest BCUT2D eigenvalue weighted by atomic mass is 10.1. The van der Waals surface area contributed by atoms with E-state index in [1.54, 1.807) is 7.11 Å². The molecule has 0 saturated carbocycles. The summed E-state index contributed by atoms with van der Waals surface area (Å²) in [6, 6.07) is 7.39. The summed E-state index contributed by atoms with van der Waals surface area (Å²) >= 11 is 0. The molecule has 144 valence electrons. The number of likely N-dealkylation sites (N-methyl/N-ethyl adjacent to an activating group) is 1. The van der Waals surface area contributed by atoms with Gasteiger partial charge in [-0.05, 0) is 44.9 Å². The van der Waals surface area contributed by atoms with Crippen LogP contribution >= 0.6 is 0 Å². The molecule has 0 aliphatic heterocycles. The zero-order valence-electron chi connectivity index (χ0n) is 16.1. The summed E-state index contributed by atoms with van der Waals surface area (Å²) < 4.78 is 10.1. The van der Waals surface area contributed by atoms with E-state index in [2.05, 4.69) is 5.32 Å². The fourth-order valence-corrected chi connectivity index (χ4v) is 2.12. The lowest BCUT2D eigenvalue weighted by Crippen LogP contribution is -2.46. The maximum Gasteiger partial charge on any atom is 0.306 e. The molecule has 0 unspecified atom stereocenters. The van der Waals surface area contributed by atoms with E-state index >= 15 is 0 Å². The molecule has 1 N–H and O–H groups in total. The Morgan fingerprint density at radius 2 is 1.73 bits per heavy atom. The minimum Gasteiger partial charge on any atom is -0.497 e. The van der Waals surface area contributed by atoms with E-state index in [9.17, 15) is 14.4 Å². The SMILES string of the molecule is COc1ccc(CCC(=O)OCC(=O)N(C)CC(=O)NC(C)(C)C)cc1. The fourth-order valence-electron chi connectivity index (χ4n) is 2.12. The molecule has 0 saturated heterocycles. The summed E-state index contributed by atoms with van der Waals surface area (Å²) in [7, 11) is 3.09. The topological polar surface area (TPSA) is 84.9 Å². The van der Waals surface area contributed by atoms with E-state index in [1.807, 2.05) is 45.0 Å². The molecule has 0 atom stereocenters. The van der Waals surface area contributed by atoms with Gasteiger partial charge in [0.15, 0.2) is 6.61 Å². The van der Waals surface area contributed by atoms with Crippen LogP contribution in [0.5, 0.6) is 5.75 Å². The van der Waals surface area contributed by atoms with Crippen molar-refractivity contribution in [3.63, 3.8) is 0 Å². The second-order valence-electron chi connectivity index (χ2n) is 7.06. The van der Waals surface area contributed by atoms with Crippen molar-refractivity contribution in [2.75, 3.05) is 27.3 Å². The molecule has 0 spiro atoms. The highest BCUT2D eigenvalue weighted by Crippen LogP contribution is 2.12. The maximum absolute atomic E-state index is 11.9. The Morgan fingerprint density at radius 1 is 1.12 bits per heavy atom. The van der Waals surface area contributed by atoms with Crippen LogP contribution in [0.1, 0.15) is 32.8 Å². The predicted molar refractivity (Wildman–Crippen MR) is 97.8 cm³/mol. The van der Waals surface area contributed by atoms with Crippen LogP contribution in [-0.4, -0.2) is 55.5 Å². The maximum atomic E-state index is 11.9. The summed E-state index contributed by atoms with van der Waals surface area (Å²) in [5.74, 6) is -0.395. The Labute approximate surface area is 154 Å². The molecule has 0 bridgehead atoms. The third-order valence-electron chi connectivity index (χ3n) is 3.45. The molecule has 0 fully saturated rings. The average Bonchev–Trinajstić information content (AvgIpc) is 2.56. The zero-order chi connectivity index (χ0) is 19.7. The van der Waals surface area contributed by atoms with Gasteiger partial charge < -0.3 is 19.7 Å². The number of amides is 2. The number of carbonyl (C=O) groups excluding carboxylic acids is 3. The molecular formula is C19H28N2O5. The molecule has 7 heteroatoms. The minimum absolute atomic E-state index is 0.0838. The first kappa shape index (κ1) is 21.5. The number of ether oxygens (including phenoxy) is 2. The van der Waals surface area contributed by atoms with Gasteiger partial charge in [0.2, 0.25) is 5.91 Å². The van der Waals surface area contributed by atoms with Crippen molar-refractivity contribution in [1.82, 2.24) is 10.2 Å². The van der Waals surface area contributed by atoms with Crippen molar-refractivity contribution in [3.8, 4) is 5.75 Å². The minimum atomic E-state index is -0.457. The van der Waals surface area contributed by atoms with E-state index in [4.69, 9.17) is 9.47 Å². The van der Waals surface area contributed by atoms with Crippen molar-refractivity contribution in [2.24, 2.45) is 0 Å². The molecule has 1 aromatic rings. The number of methoxy groups -OCH3 is 1. The smallest absolute Gasteiger partial charge is 0.306 e. The molecule has 2 amide bonds. The van der Waals surface area contributed by atoms with E-state index in [0.29, 0.717) is 6.42 Å². The van der Waals surface area contributed by atoms with Gasteiger partial charge in [0.25, 0.3) is 5.91 Å². The number of nitrogens with zero attached hydrogens (tertiary/aromatic N) is 1. The molecule has 0 heterocycles. The molecule has 0 aliphatic rings. The second kappa shape index (κ2) is 9.79. The number of hydrogen-bond donors (Lipinski definition) is 1. The number of nitrogens with one attached hydrogen (secondary N) is 1. The molecule has 0 radical (unpaired) electrons. The summed E-state index contributed by atoms with van der Waals surface area (Å²) in [6.45, 7) is 5.12. The van der Waals surface area contributed by atoms with Gasteiger partial charge in [0, 0.05) is 19.0 Å². The van der Waals surface area contributed by atoms with Gasteiger partial charge in [-0.3, -0.25) is 14.4 Å². The Hall–Kier alpha value is -2.57. The van der Waals surface area contributed by atoms with Crippen LogP contribution < -0.4 is 10.1 Å². The van der Waals surface area contributed by atoms with E-state index < -0.39 is 11.9 Å². The van der Waals surface area contributed by atoms with Crippen LogP contribution in [0, 0.1) is 0 Å². The highest BCUT2D eigenvalue weighted by Gasteiger charge is 2.18. The zero-order valence-corrected chi connectivity index (χ0v) is 16.1. The number of benzene rings is 1. The standard InChI is InChI=1S/C19H28N2O5/c1-19(2,3)20-16(22)12-21(4)17(23)13-26-18(24)11-8-14-6-9-15(25-5)10-7-14/h6-7,9-10H,8,11-13H2,1-5H3,(H,20,22). The molecule has 1 rings (SSSR count). The van der Waals surface area contributed by atoms with Crippen LogP contribution in [-0.2, 0) is 25.5 Å². The molecule has 1 aromatic carbocycles. The van der Waals surface area contributed by atoms with Crippen molar-refractivity contribution < 1.29 is 23.9 Å². The first-order chi connectivity index (χ1) is 12.1. The van der Waals surface area contributed by atoms with Crippen LogP contribution in [0.3, 0.4) is 0 Å². The van der Waals surface area contributed by atoms with Crippen LogP contribution in [0.2, 0.25) is 0 Å². The highest BCUT2D eigenvalue weighted by atomic mass is 16.5. The van der Waals surface area contributed by atoms with Crippen molar-refractivity contribution in [2.45, 2.75) is 39.2 Å². The Morgan fingerprint density at radius 3 is 2.27 bits per heavy atom. The van der Waals surface area contributed by atoms with Gasteiger partial charge in [0.1, 0.15) is 5.75 Å². The van der Waals surface area contributed by atoms with Crippen LogP contribution in [0.4, 0.5) is 0 Å². The van der Waals surface area contributed by atoms with E-state index in [1.165, 1.54) is 11.9 Å². The highest BCUT2D eigenvalue weighted by molar-refractivity contribution is 5.86. The summed E-state index contributed by atoms with van der Waals surface area (Å²) in [4.78, 5) is 36.8. The van der Waals surface area contributed by atoms with Crippen molar-refractivity contribution in [3.05, 3.63) is 29.8 Å². The quantitative estimate of drug-likeness (QED) is 0.708. The van der Waals surface area contributed by atoms with Gasteiger partial charge in [-0.2, -0.15) is 0 Å². The second-order valence-corrected chi connectivity index (χ2v) is 7.06.